The van der Waals surface area contributed by atoms with Crippen LogP contribution in [0.15, 0.2) is 30.3 Å². The Morgan fingerprint density at radius 1 is 1.22 bits per heavy atom. The van der Waals surface area contributed by atoms with Crippen LogP contribution in [-0.2, 0) is 0 Å². The lowest BCUT2D eigenvalue weighted by Gasteiger charge is -2.25. The Bertz CT molecular complexity index is 359. The second-order valence-corrected chi connectivity index (χ2v) is 5.40. The van der Waals surface area contributed by atoms with E-state index >= 15 is 0 Å². The average Bonchev–Trinajstić information content (AvgIpc) is 2.40. The fraction of sp³-hybridized carbons (Fsp3) is 0.533. The summed E-state index contributed by atoms with van der Waals surface area (Å²) in [6.45, 7) is 4.14. The lowest BCUT2D eigenvalue weighted by atomic mass is 10.0. The van der Waals surface area contributed by atoms with Gasteiger partial charge in [-0.25, -0.2) is 0 Å². The molecule has 0 heterocycles. The molecule has 1 aromatic rings. The van der Waals surface area contributed by atoms with Gasteiger partial charge < -0.3 is 4.90 Å². The van der Waals surface area contributed by atoms with Crippen LogP contribution in [0.1, 0.15) is 26.2 Å². The maximum atomic E-state index is 8.74. The van der Waals surface area contributed by atoms with Crippen LogP contribution in [0.25, 0.3) is 0 Å². The molecular weight excluding hydrogens is 288 g/mol. The predicted molar refractivity (Wildman–Crippen MR) is 81.1 cm³/mol. The molecule has 0 fully saturated rings. The van der Waals surface area contributed by atoms with E-state index in [-0.39, 0.29) is 0 Å². The van der Waals surface area contributed by atoms with Gasteiger partial charge in [0.25, 0.3) is 0 Å². The standard InChI is InChI=1S/C15H21BrN2/c1-14(8-10-16)9-13-18(12-5-11-17)15-6-3-2-4-7-15/h2-4,6-7,14H,5,8-10,12-13H2,1H3. The number of alkyl halides is 1. The molecule has 0 aromatic heterocycles. The van der Waals surface area contributed by atoms with Gasteiger partial charge in [-0.1, -0.05) is 41.1 Å². The van der Waals surface area contributed by atoms with Crippen LogP contribution in [0.2, 0.25) is 0 Å². The van der Waals surface area contributed by atoms with Gasteiger partial charge in [-0.05, 0) is 30.9 Å². The highest BCUT2D eigenvalue weighted by atomic mass is 79.9. The SMILES string of the molecule is CC(CCBr)CCN(CCC#N)c1ccccc1. The van der Waals surface area contributed by atoms with Crippen molar-refractivity contribution in [3.8, 4) is 6.07 Å². The molecule has 18 heavy (non-hydrogen) atoms. The summed E-state index contributed by atoms with van der Waals surface area (Å²) in [6, 6.07) is 12.6. The highest BCUT2D eigenvalue weighted by Gasteiger charge is 2.08. The maximum Gasteiger partial charge on any atom is 0.0640 e. The minimum atomic E-state index is 0.585. The van der Waals surface area contributed by atoms with Crippen LogP contribution in [0.5, 0.6) is 0 Å². The topological polar surface area (TPSA) is 27.0 Å². The second-order valence-electron chi connectivity index (χ2n) is 4.60. The van der Waals surface area contributed by atoms with Crippen molar-refractivity contribution in [2.24, 2.45) is 5.92 Å². The summed E-state index contributed by atoms with van der Waals surface area (Å²) < 4.78 is 0. The van der Waals surface area contributed by atoms with Crippen LogP contribution < -0.4 is 4.90 Å². The summed E-state index contributed by atoms with van der Waals surface area (Å²) in [5, 5.41) is 9.81. The average molecular weight is 309 g/mol. The van der Waals surface area contributed by atoms with E-state index in [1.54, 1.807) is 0 Å². The van der Waals surface area contributed by atoms with E-state index in [9.17, 15) is 0 Å². The molecule has 0 saturated carbocycles. The lowest BCUT2D eigenvalue weighted by molar-refractivity contribution is 0.516. The van der Waals surface area contributed by atoms with Gasteiger partial charge in [0.05, 0.1) is 12.5 Å². The van der Waals surface area contributed by atoms with Crippen molar-refractivity contribution < 1.29 is 0 Å². The predicted octanol–water partition coefficient (Wildman–Crippen LogP) is 4.22. The first-order chi connectivity index (χ1) is 8.77. The van der Waals surface area contributed by atoms with Gasteiger partial charge in [0.1, 0.15) is 0 Å². The third kappa shape index (κ3) is 5.55. The van der Waals surface area contributed by atoms with E-state index in [4.69, 9.17) is 5.26 Å². The summed E-state index contributed by atoms with van der Waals surface area (Å²) in [6.07, 6.45) is 2.97. The van der Waals surface area contributed by atoms with Crippen molar-refractivity contribution in [2.45, 2.75) is 26.2 Å². The number of hydrogen-bond acceptors (Lipinski definition) is 2. The molecule has 0 aliphatic heterocycles. The van der Waals surface area contributed by atoms with Crippen molar-refractivity contribution in [1.29, 1.82) is 5.26 Å². The summed E-state index contributed by atoms with van der Waals surface area (Å²) in [7, 11) is 0. The molecule has 0 aliphatic rings. The van der Waals surface area contributed by atoms with Gasteiger partial charge in [0, 0.05) is 24.1 Å². The Morgan fingerprint density at radius 2 is 1.94 bits per heavy atom. The van der Waals surface area contributed by atoms with Crippen LogP contribution in [0.3, 0.4) is 0 Å². The number of nitriles is 1. The van der Waals surface area contributed by atoms with Crippen molar-refractivity contribution >= 4 is 21.6 Å². The van der Waals surface area contributed by atoms with E-state index in [2.05, 4.69) is 58.1 Å². The zero-order valence-corrected chi connectivity index (χ0v) is 12.6. The van der Waals surface area contributed by atoms with Gasteiger partial charge in [-0.15, -0.1) is 0 Å². The van der Waals surface area contributed by atoms with E-state index < -0.39 is 0 Å². The number of rotatable bonds is 8. The highest BCUT2D eigenvalue weighted by molar-refractivity contribution is 9.09. The molecule has 1 aromatic carbocycles. The summed E-state index contributed by atoms with van der Waals surface area (Å²) in [4.78, 5) is 2.31. The van der Waals surface area contributed by atoms with Crippen LogP contribution >= 0.6 is 15.9 Å². The molecule has 98 valence electrons. The normalized spacial score (nSPS) is 11.8. The third-order valence-electron chi connectivity index (χ3n) is 3.11. The number of nitrogens with zero attached hydrogens (tertiary/aromatic N) is 2. The first kappa shape index (κ1) is 15.0. The molecule has 0 aliphatic carbocycles. The van der Waals surface area contributed by atoms with Gasteiger partial charge in [0.2, 0.25) is 0 Å². The molecule has 0 bridgehead atoms. The maximum absolute atomic E-state index is 8.74. The van der Waals surface area contributed by atoms with Gasteiger partial charge >= 0.3 is 0 Å². The molecule has 3 heteroatoms. The summed E-state index contributed by atoms with van der Waals surface area (Å²) in [5.74, 6) is 0.720. The number of hydrogen-bond donors (Lipinski definition) is 0. The van der Waals surface area contributed by atoms with Crippen molar-refractivity contribution in [2.75, 3.05) is 23.3 Å². The fourth-order valence-corrected chi connectivity index (χ4v) is 2.68. The van der Waals surface area contributed by atoms with E-state index in [0.29, 0.717) is 6.42 Å². The van der Waals surface area contributed by atoms with Gasteiger partial charge in [-0.2, -0.15) is 5.26 Å². The van der Waals surface area contributed by atoms with Crippen molar-refractivity contribution in [3.05, 3.63) is 30.3 Å². The highest BCUT2D eigenvalue weighted by Crippen LogP contribution is 2.17. The Morgan fingerprint density at radius 3 is 2.56 bits per heavy atom. The van der Waals surface area contributed by atoms with E-state index in [1.807, 2.05) is 6.07 Å². The molecule has 0 N–H and O–H groups in total. The van der Waals surface area contributed by atoms with E-state index in [0.717, 1.165) is 24.3 Å². The van der Waals surface area contributed by atoms with E-state index in [1.165, 1.54) is 18.5 Å². The molecule has 1 unspecified atom stereocenters. The molecule has 0 radical (unpaired) electrons. The zero-order valence-electron chi connectivity index (χ0n) is 11.0. The molecule has 1 atom stereocenters. The largest absolute Gasteiger partial charge is 0.370 e. The van der Waals surface area contributed by atoms with Crippen LogP contribution in [0, 0.1) is 17.2 Å². The monoisotopic (exact) mass is 308 g/mol. The molecule has 0 spiro atoms. The lowest BCUT2D eigenvalue weighted by Crippen LogP contribution is -2.26. The molecule has 0 saturated heterocycles. The second kappa shape index (κ2) is 8.99. The minimum Gasteiger partial charge on any atom is -0.370 e. The number of halogens is 1. The summed E-state index contributed by atoms with van der Waals surface area (Å²) in [5.41, 5.74) is 1.22. The van der Waals surface area contributed by atoms with Crippen molar-refractivity contribution in [3.63, 3.8) is 0 Å². The number of para-hydroxylation sites is 1. The first-order valence-electron chi connectivity index (χ1n) is 6.51. The number of benzene rings is 1. The minimum absolute atomic E-state index is 0.585. The van der Waals surface area contributed by atoms with Gasteiger partial charge in [-0.3, -0.25) is 0 Å². The summed E-state index contributed by atoms with van der Waals surface area (Å²) >= 11 is 3.49. The first-order valence-corrected chi connectivity index (χ1v) is 7.63. The Labute approximate surface area is 119 Å². The Kier molecular flexibility index (Phi) is 7.52. The zero-order chi connectivity index (χ0) is 13.2. The number of anilines is 1. The fourth-order valence-electron chi connectivity index (χ4n) is 1.90. The molecular formula is C15H21BrN2. The third-order valence-corrected chi connectivity index (χ3v) is 3.57. The quantitative estimate of drug-likeness (QED) is 0.672. The smallest absolute Gasteiger partial charge is 0.0640 e. The molecule has 2 nitrogen and oxygen atoms in total. The Hall–Kier alpha value is -1.01. The van der Waals surface area contributed by atoms with Crippen LogP contribution in [0.4, 0.5) is 5.69 Å². The Balaban J connectivity index is 2.54. The van der Waals surface area contributed by atoms with Crippen LogP contribution in [-0.4, -0.2) is 18.4 Å². The molecule has 0 amide bonds. The van der Waals surface area contributed by atoms with Crippen molar-refractivity contribution in [1.82, 2.24) is 0 Å². The van der Waals surface area contributed by atoms with Gasteiger partial charge in [0.15, 0.2) is 0 Å². The molecule has 1 rings (SSSR count).